The van der Waals surface area contributed by atoms with E-state index in [1.54, 1.807) is 30.3 Å². The first kappa shape index (κ1) is 18.0. The van der Waals surface area contributed by atoms with Crippen molar-refractivity contribution in [2.45, 2.75) is 18.2 Å². The van der Waals surface area contributed by atoms with Gasteiger partial charge in [0.05, 0.1) is 11.4 Å². The van der Waals surface area contributed by atoms with E-state index in [2.05, 4.69) is 5.32 Å². The Morgan fingerprint density at radius 3 is 2.50 bits per heavy atom. The predicted octanol–water partition coefficient (Wildman–Crippen LogP) is 1.71. The topological polar surface area (TPSA) is 98.5 Å². The van der Waals surface area contributed by atoms with Crippen LogP contribution in [0, 0.1) is 0 Å². The highest BCUT2D eigenvalue weighted by molar-refractivity contribution is 7.89. The van der Waals surface area contributed by atoms with Crippen LogP contribution in [0.3, 0.4) is 0 Å². The largest absolute Gasteiger partial charge is 0.491 e. The molecule has 0 aliphatic heterocycles. The lowest BCUT2D eigenvalue weighted by atomic mass is 10.1. The highest BCUT2D eigenvalue weighted by Crippen LogP contribution is 2.22. The van der Waals surface area contributed by atoms with Gasteiger partial charge in [-0.05, 0) is 42.3 Å². The maximum Gasteiger partial charge on any atom is 0.251 e. The molecule has 0 unspecified atom stereocenters. The van der Waals surface area contributed by atoms with Gasteiger partial charge in [-0.2, -0.15) is 0 Å². The number of benzene rings is 2. The molecule has 2 rings (SSSR count). The van der Waals surface area contributed by atoms with Gasteiger partial charge in [0.15, 0.2) is 0 Å². The van der Waals surface area contributed by atoms with Gasteiger partial charge >= 0.3 is 0 Å². The molecule has 2 aromatic carbocycles. The van der Waals surface area contributed by atoms with E-state index in [9.17, 15) is 13.2 Å². The number of nitrogens with two attached hydrogens (primary N) is 1. The van der Waals surface area contributed by atoms with Crippen molar-refractivity contribution in [1.29, 1.82) is 0 Å². The summed E-state index contributed by atoms with van der Waals surface area (Å²) < 4.78 is 28.4. The fourth-order valence-corrected chi connectivity index (χ4v) is 2.73. The second-order valence-corrected chi connectivity index (χ2v) is 6.70. The van der Waals surface area contributed by atoms with Gasteiger partial charge < -0.3 is 10.1 Å². The third-order valence-electron chi connectivity index (χ3n) is 3.42. The van der Waals surface area contributed by atoms with E-state index in [1.165, 1.54) is 12.1 Å². The molecule has 128 valence electrons. The summed E-state index contributed by atoms with van der Waals surface area (Å²) in [5, 5.41) is 7.89. The van der Waals surface area contributed by atoms with Crippen molar-refractivity contribution >= 4 is 15.9 Å². The molecule has 2 aromatic rings. The van der Waals surface area contributed by atoms with Gasteiger partial charge in [-0.1, -0.05) is 25.1 Å². The molecule has 24 heavy (non-hydrogen) atoms. The van der Waals surface area contributed by atoms with Crippen LogP contribution in [0.4, 0.5) is 0 Å². The zero-order chi connectivity index (χ0) is 17.6. The fourth-order valence-electron chi connectivity index (χ4n) is 2.17. The van der Waals surface area contributed by atoms with E-state index >= 15 is 0 Å². The molecule has 1 amide bonds. The summed E-state index contributed by atoms with van der Waals surface area (Å²) in [6.07, 6.45) is 0.606. The number of nitrogens with one attached hydrogen (secondary N) is 1. The Morgan fingerprint density at radius 2 is 1.88 bits per heavy atom. The number of rotatable bonds is 7. The van der Waals surface area contributed by atoms with Crippen LogP contribution in [0.25, 0.3) is 0 Å². The van der Waals surface area contributed by atoms with E-state index < -0.39 is 10.0 Å². The Hall–Kier alpha value is -2.38. The van der Waals surface area contributed by atoms with Gasteiger partial charge in [0.2, 0.25) is 10.0 Å². The molecule has 0 aliphatic carbocycles. The average molecular weight is 348 g/mol. The van der Waals surface area contributed by atoms with Crippen molar-refractivity contribution < 1.29 is 17.9 Å². The minimum atomic E-state index is -3.73. The van der Waals surface area contributed by atoms with Gasteiger partial charge in [0, 0.05) is 5.56 Å². The van der Waals surface area contributed by atoms with Crippen molar-refractivity contribution in [3.05, 3.63) is 59.7 Å². The first-order chi connectivity index (χ1) is 11.4. The van der Waals surface area contributed by atoms with Gasteiger partial charge in [0.25, 0.3) is 5.91 Å². The normalized spacial score (nSPS) is 11.1. The molecule has 0 atom stereocenters. The highest BCUT2D eigenvalue weighted by Gasteiger charge is 2.11. The minimum Gasteiger partial charge on any atom is -0.491 e. The molecule has 0 spiro atoms. The smallest absolute Gasteiger partial charge is 0.251 e. The second-order valence-electron chi connectivity index (χ2n) is 5.14. The van der Waals surface area contributed by atoms with E-state index in [0.29, 0.717) is 24.3 Å². The van der Waals surface area contributed by atoms with Crippen LogP contribution in [0.5, 0.6) is 5.75 Å². The Balaban J connectivity index is 1.91. The van der Waals surface area contributed by atoms with Crippen LogP contribution in [-0.4, -0.2) is 27.5 Å². The maximum atomic E-state index is 11.9. The number of carbonyl (C=O) groups excluding carboxylic acids is 1. The first-order valence-electron chi connectivity index (χ1n) is 7.53. The van der Waals surface area contributed by atoms with Crippen molar-refractivity contribution in [3.8, 4) is 5.75 Å². The van der Waals surface area contributed by atoms with Crippen molar-refractivity contribution in [3.63, 3.8) is 0 Å². The van der Waals surface area contributed by atoms with Crippen LogP contribution in [0.15, 0.2) is 53.4 Å². The summed E-state index contributed by atoms with van der Waals surface area (Å²) in [6.45, 7) is 2.51. The standard InChI is InChI=1S/C17H20N2O4S/c1-2-13-12-15(24(18,21)22)8-9-16(13)23-11-10-19-17(20)14-6-4-3-5-7-14/h3-9,12H,2,10-11H2,1H3,(H,19,20)(H2,18,21,22). The third kappa shape index (κ3) is 4.81. The first-order valence-corrected chi connectivity index (χ1v) is 9.08. The van der Waals surface area contributed by atoms with Crippen LogP contribution in [0.1, 0.15) is 22.8 Å². The quantitative estimate of drug-likeness (QED) is 0.744. The maximum absolute atomic E-state index is 11.9. The molecule has 6 nitrogen and oxygen atoms in total. The number of ether oxygens (including phenoxy) is 1. The molecule has 0 bridgehead atoms. The van der Waals surface area contributed by atoms with Gasteiger partial charge in [-0.3, -0.25) is 4.79 Å². The molecule has 0 heterocycles. The van der Waals surface area contributed by atoms with Crippen LogP contribution in [-0.2, 0) is 16.4 Å². The molecule has 0 fully saturated rings. The predicted molar refractivity (Wildman–Crippen MR) is 91.5 cm³/mol. The number of hydrogen-bond donors (Lipinski definition) is 2. The summed E-state index contributed by atoms with van der Waals surface area (Å²) in [5.74, 6) is 0.415. The summed E-state index contributed by atoms with van der Waals surface area (Å²) >= 11 is 0. The Kier molecular flexibility index (Phi) is 5.94. The Bertz CT molecular complexity index is 805. The molecular formula is C17H20N2O4S. The molecule has 0 aliphatic rings. The third-order valence-corrected chi connectivity index (χ3v) is 4.33. The van der Waals surface area contributed by atoms with Gasteiger partial charge in [0.1, 0.15) is 12.4 Å². The van der Waals surface area contributed by atoms with Crippen LogP contribution in [0.2, 0.25) is 0 Å². The van der Waals surface area contributed by atoms with Crippen LogP contribution < -0.4 is 15.2 Å². The lowest BCUT2D eigenvalue weighted by Crippen LogP contribution is -2.28. The van der Waals surface area contributed by atoms with Crippen LogP contribution >= 0.6 is 0 Å². The number of hydrogen-bond acceptors (Lipinski definition) is 4. The van der Waals surface area contributed by atoms with E-state index in [4.69, 9.17) is 9.88 Å². The highest BCUT2D eigenvalue weighted by atomic mass is 32.2. The summed E-state index contributed by atoms with van der Waals surface area (Å²) in [5.41, 5.74) is 1.33. The molecule has 0 radical (unpaired) electrons. The lowest BCUT2D eigenvalue weighted by Gasteiger charge is -2.12. The zero-order valence-electron chi connectivity index (χ0n) is 13.4. The number of primary sulfonamides is 1. The number of sulfonamides is 1. The van der Waals surface area contributed by atoms with E-state index in [-0.39, 0.29) is 17.4 Å². The molecule has 0 saturated carbocycles. The zero-order valence-corrected chi connectivity index (χ0v) is 14.2. The summed E-state index contributed by atoms with van der Waals surface area (Å²) in [4.78, 5) is 11.9. The SMILES string of the molecule is CCc1cc(S(N)(=O)=O)ccc1OCCNC(=O)c1ccccc1. The molecule has 0 saturated heterocycles. The Morgan fingerprint density at radius 1 is 1.17 bits per heavy atom. The van der Waals surface area contributed by atoms with Crippen molar-refractivity contribution in [2.75, 3.05) is 13.2 Å². The minimum absolute atomic E-state index is 0.0593. The molecule has 3 N–H and O–H groups in total. The molecule has 7 heteroatoms. The monoisotopic (exact) mass is 348 g/mol. The second kappa shape index (κ2) is 7.94. The van der Waals surface area contributed by atoms with Crippen molar-refractivity contribution in [1.82, 2.24) is 5.32 Å². The number of aryl methyl sites for hydroxylation is 1. The van der Waals surface area contributed by atoms with E-state index in [1.807, 2.05) is 13.0 Å². The molecule has 0 aromatic heterocycles. The Labute approximate surface area is 141 Å². The number of amides is 1. The fraction of sp³-hybridized carbons (Fsp3) is 0.235. The van der Waals surface area contributed by atoms with E-state index in [0.717, 1.165) is 5.56 Å². The summed E-state index contributed by atoms with van der Waals surface area (Å²) in [6, 6.07) is 13.4. The van der Waals surface area contributed by atoms with Crippen molar-refractivity contribution in [2.24, 2.45) is 5.14 Å². The lowest BCUT2D eigenvalue weighted by molar-refractivity contribution is 0.0947. The summed E-state index contributed by atoms with van der Waals surface area (Å²) in [7, 11) is -3.73. The van der Waals surface area contributed by atoms with Gasteiger partial charge in [-0.15, -0.1) is 0 Å². The molecular weight excluding hydrogens is 328 g/mol. The number of carbonyl (C=O) groups is 1. The van der Waals surface area contributed by atoms with Gasteiger partial charge in [-0.25, -0.2) is 13.6 Å². The average Bonchev–Trinajstić information content (AvgIpc) is 2.58.